The monoisotopic (exact) mass is 405 g/mol. The molecule has 146 valence electrons. The van der Waals surface area contributed by atoms with Gasteiger partial charge >= 0.3 is 0 Å². The van der Waals surface area contributed by atoms with Crippen LogP contribution in [-0.4, -0.2) is 65.1 Å². The number of piperazine rings is 1. The lowest BCUT2D eigenvalue weighted by molar-refractivity contribution is -0.135. The number of hydrogen-bond acceptors (Lipinski definition) is 6. The molecule has 1 aliphatic carbocycles. The molecule has 1 saturated heterocycles. The first-order valence-corrected chi connectivity index (χ1v) is 8.19. The van der Waals surface area contributed by atoms with E-state index in [1.165, 1.54) is 0 Å². The predicted octanol–water partition coefficient (Wildman–Crippen LogP) is -0.229. The van der Waals surface area contributed by atoms with Crippen LogP contribution in [-0.2, 0) is 4.79 Å². The van der Waals surface area contributed by atoms with Crippen molar-refractivity contribution in [1.29, 1.82) is 0 Å². The summed E-state index contributed by atoms with van der Waals surface area (Å²) in [5.41, 5.74) is 11.6. The van der Waals surface area contributed by atoms with Crippen molar-refractivity contribution in [3.8, 4) is 0 Å². The Morgan fingerprint density at radius 1 is 1.15 bits per heavy atom. The highest BCUT2D eigenvalue weighted by atomic mass is 35.5. The Balaban J connectivity index is 0.00000169. The van der Waals surface area contributed by atoms with Gasteiger partial charge in [-0.25, -0.2) is 4.98 Å². The van der Waals surface area contributed by atoms with E-state index in [2.05, 4.69) is 4.98 Å². The van der Waals surface area contributed by atoms with Crippen LogP contribution in [0.4, 0.5) is 5.82 Å². The molecule has 2 amide bonds. The van der Waals surface area contributed by atoms with Crippen LogP contribution in [0, 0.1) is 5.92 Å². The van der Waals surface area contributed by atoms with Crippen molar-refractivity contribution in [3.05, 3.63) is 23.9 Å². The number of primary amides is 1. The molecule has 1 aromatic rings. The van der Waals surface area contributed by atoms with Gasteiger partial charge in [-0.05, 0) is 25.0 Å². The van der Waals surface area contributed by atoms with E-state index < -0.39 is 12.0 Å². The standard InChI is InChI=1S/C16H23N5O3.2ClH/c17-12-8-10(9-13(12)22)16(24)21-6-4-20(5-7-21)15-11(14(18)23)2-1-3-19-15;;/h1-3,10,12-13,22H,4-9,17H2,(H2,18,23);2*1H/t10-,12+,13+;;/m0../s1. The third kappa shape index (κ3) is 4.56. The Labute approximate surface area is 164 Å². The van der Waals surface area contributed by atoms with Gasteiger partial charge in [0.2, 0.25) is 5.91 Å². The van der Waals surface area contributed by atoms with Crippen LogP contribution in [0.5, 0.6) is 0 Å². The van der Waals surface area contributed by atoms with Crippen molar-refractivity contribution in [2.45, 2.75) is 25.0 Å². The van der Waals surface area contributed by atoms with Crippen LogP contribution in [0.2, 0.25) is 0 Å². The van der Waals surface area contributed by atoms with Gasteiger partial charge in [0.1, 0.15) is 5.82 Å². The van der Waals surface area contributed by atoms with Crippen LogP contribution in [0.1, 0.15) is 23.2 Å². The first kappa shape index (κ1) is 22.4. The van der Waals surface area contributed by atoms with E-state index in [1.54, 1.807) is 23.2 Å². The number of pyridine rings is 1. The number of anilines is 1. The molecule has 8 nitrogen and oxygen atoms in total. The first-order chi connectivity index (χ1) is 11.5. The number of nitrogens with two attached hydrogens (primary N) is 2. The van der Waals surface area contributed by atoms with Gasteiger partial charge in [-0.15, -0.1) is 24.8 Å². The van der Waals surface area contributed by atoms with Gasteiger partial charge < -0.3 is 26.4 Å². The quantitative estimate of drug-likeness (QED) is 0.637. The van der Waals surface area contributed by atoms with Crippen molar-refractivity contribution >= 4 is 42.4 Å². The molecule has 3 rings (SSSR count). The van der Waals surface area contributed by atoms with E-state index >= 15 is 0 Å². The van der Waals surface area contributed by atoms with Crippen LogP contribution in [0.15, 0.2) is 18.3 Å². The lowest BCUT2D eigenvalue weighted by Gasteiger charge is -2.37. The van der Waals surface area contributed by atoms with Gasteiger partial charge in [0.05, 0.1) is 11.7 Å². The molecule has 10 heteroatoms. The maximum Gasteiger partial charge on any atom is 0.252 e. The zero-order chi connectivity index (χ0) is 17.3. The molecule has 1 saturated carbocycles. The Hall–Kier alpha value is -1.61. The molecule has 5 N–H and O–H groups in total. The number of halogens is 2. The number of aromatic nitrogens is 1. The molecular formula is C16H25Cl2N5O3. The van der Waals surface area contributed by atoms with E-state index in [-0.39, 0.29) is 42.7 Å². The van der Waals surface area contributed by atoms with Gasteiger partial charge in [0, 0.05) is 44.3 Å². The molecule has 0 radical (unpaired) electrons. The molecular weight excluding hydrogens is 381 g/mol. The van der Waals surface area contributed by atoms with Crippen molar-refractivity contribution in [2.75, 3.05) is 31.1 Å². The van der Waals surface area contributed by atoms with Gasteiger partial charge in [-0.3, -0.25) is 9.59 Å². The fourth-order valence-corrected chi connectivity index (χ4v) is 3.49. The summed E-state index contributed by atoms with van der Waals surface area (Å²) >= 11 is 0. The molecule has 26 heavy (non-hydrogen) atoms. The van der Waals surface area contributed by atoms with E-state index in [0.717, 1.165) is 0 Å². The Bertz CT molecular complexity index is 630. The second-order valence-corrected chi connectivity index (χ2v) is 6.45. The molecule has 1 aliphatic heterocycles. The molecule has 2 fully saturated rings. The van der Waals surface area contributed by atoms with Crippen molar-refractivity contribution in [2.24, 2.45) is 17.4 Å². The Kier molecular flexibility index (Phi) is 8.08. The highest BCUT2D eigenvalue weighted by Crippen LogP contribution is 2.27. The summed E-state index contributed by atoms with van der Waals surface area (Å²) in [6, 6.07) is 3.02. The molecule has 0 aromatic carbocycles. The largest absolute Gasteiger partial charge is 0.391 e. The van der Waals surface area contributed by atoms with Gasteiger partial charge in [0.25, 0.3) is 5.91 Å². The van der Waals surface area contributed by atoms with Crippen LogP contribution < -0.4 is 16.4 Å². The highest BCUT2D eigenvalue weighted by molar-refractivity contribution is 5.97. The minimum atomic E-state index is -0.591. The number of nitrogens with zero attached hydrogens (tertiary/aromatic N) is 3. The maximum absolute atomic E-state index is 12.6. The topological polar surface area (TPSA) is 126 Å². The highest BCUT2D eigenvalue weighted by Gasteiger charge is 2.37. The molecule has 1 aromatic heterocycles. The van der Waals surface area contributed by atoms with E-state index in [4.69, 9.17) is 11.5 Å². The van der Waals surface area contributed by atoms with Crippen LogP contribution in [0.3, 0.4) is 0 Å². The maximum atomic E-state index is 12.6. The van der Waals surface area contributed by atoms with Crippen molar-refractivity contribution in [1.82, 2.24) is 9.88 Å². The lowest BCUT2D eigenvalue weighted by atomic mass is 10.1. The van der Waals surface area contributed by atoms with Crippen LogP contribution >= 0.6 is 24.8 Å². The molecule has 0 spiro atoms. The fraction of sp³-hybridized carbons (Fsp3) is 0.562. The number of carbonyl (C=O) groups is 2. The third-order valence-corrected chi connectivity index (χ3v) is 4.87. The van der Waals surface area contributed by atoms with Gasteiger partial charge in [0.15, 0.2) is 0 Å². The smallest absolute Gasteiger partial charge is 0.252 e. The van der Waals surface area contributed by atoms with Crippen LogP contribution in [0.25, 0.3) is 0 Å². The lowest BCUT2D eigenvalue weighted by Crippen LogP contribution is -2.50. The number of aliphatic hydroxyl groups is 1. The second kappa shape index (κ2) is 9.36. The van der Waals surface area contributed by atoms with E-state index in [1.807, 2.05) is 4.90 Å². The summed E-state index contributed by atoms with van der Waals surface area (Å²) < 4.78 is 0. The summed E-state index contributed by atoms with van der Waals surface area (Å²) in [6.45, 7) is 2.28. The normalized spacial score (nSPS) is 25.2. The summed E-state index contributed by atoms with van der Waals surface area (Å²) in [6.07, 6.45) is 2.01. The average molecular weight is 406 g/mol. The van der Waals surface area contributed by atoms with E-state index in [9.17, 15) is 14.7 Å². The number of amides is 2. The SMILES string of the molecule is Cl.Cl.NC(=O)c1cccnc1N1CCN(C(=O)[C@H]2C[C@@H](N)[C@H](O)C2)CC1. The summed E-state index contributed by atoms with van der Waals surface area (Å²) in [7, 11) is 0. The molecule has 2 aliphatic rings. The Morgan fingerprint density at radius 3 is 2.35 bits per heavy atom. The summed E-state index contributed by atoms with van der Waals surface area (Å²) in [5.74, 6) is -0.0867. The number of carbonyl (C=O) groups excluding carboxylic acids is 2. The fourth-order valence-electron chi connectivity index (χ4n) is 3.49. The molecule has 0 unspecified atom stereocenters. The third-order valence-electron chi connectivity index (χ3n) is 4.87. The van der Waals surface area contributed by atoms with Gasteiger partial charge in [-0.2, -0.15) is 0 Å². The van der Waals surface area contributed by atoms with Crippen molar-refractivity contribution < 1.29 is 14.7 Å². The summed E-state index contributed by atoms with van der Waals surface area (Å²) in [5, 5.41) is 9.73. The number of hydrogen-bond donors (Lipinski definition) is 3. The van der Waals surface area contributed by atoms with Crippen molar-refractivity contribution in [3.63, 3.8) is 0 Å². The minimum Gasteiger partial charge on any atom is -0.391 e. The number of rotatable bonds is 3. The molecule has 3 atom stereocenters. The minimum absolute atomic E-state index is 0. The first-order valence-electron chi connectivity index (χ1n) is 8.19. The second-order valence-electron chi connectivity index (χ2n) is 6.45. The Morgan fingerprint density at radius 2 is 1.81 bits per heavy atom. The number of aliphatic hydroxyl groups excluding tert-OH is 1. The zero-order valence-electron chi connectivity index (χ0n) is 14.3. The molecule has 2 heterocycles. The van der Waals surface area contributed by atoms with E-state index in [0.29, 0.717) is 50.4 Å². The zero-order valence-corrected chi connectivity index (χ0v) is 15.9. The summed E-state index contributed by atoms with van der Waals surface area (Å²) in [4.78, 5) is 32.1. The molecule has 0 bridgehead atoms. The average Bonchev–Trinajstić information content (AvgIpc) is 2.93. The van der Waals surface area contributed by atoms with Gasteiger partial charge in [-0.1, -0.05) is 0 Å². The predicted molar refractivity (Wildman–Crippen MR) is 103 cm³/mol.